The number of aryl methyl sites for hydroxylation is 3. The fourth-order valence-electron chi connectivity index (χ4n) is 4.37. The summed E-state index contributed by atoms with van der Waals surface area (Å²) in [5, 5.41) is 11.6. The van der Waals surface area contributed by atoms with E-state index in [9.17, 15) is 14.7 Å². The van der Waals surface area contributed by atoms with E-state index in [1.165, 1.54) is 11.3 Å². The third-order valence-electron chi connectivity index (χ3n) is 6.03. The lowest BCUT2D eigenvalue weighted by Gasteiger charge is -2.30. The predicted octanol–water partition coefficient (Wildman–Crippen LogP) is 3.37. The van der Waals surface area contributed by atoms with Crippen LogP contribution >= 0.6 is 11.3 Å². The lowest BCUT2D eigenvalue weighted by molar-refractivity contribution is -0.129. The van der Waals surface area contributed by atoms with E-state index >= 15 is 0 Å². The molecule has 0 spiro atoms. The first kappa shape index (κ1) is 22.6. The van der Waals surface area contributed by atoms with Crippen LogP contribution in [-0.4, -0.2) is 71.0 Å². The highest BCUT2D eigenvalue weighted by Crippen LogP contribution is 2.40. The van der Waals surface area contributed by atoms with Gasteiger partial charge in [-0.3, -0.25) is 14.5 Å². The summed E-state index contributed by atoms with van der Waals surface area (Å²) >= 11 is 1.30. The van der Waals surface area contributed by atoms with Crippen molar-refractivity contribution in [3.8, 4) is 0 Å². The van der Waals surface area contributed by atoms with Gasteiger partial charge in [-0.15, -0.1) is 11.3 Å². The molecule has 1 aromatic carbocycles. The predicted molar refractivity (Wildman–Crippen MR) is 123 cm³/mol. The summed E-state index contributed by atoms with van der Waals surface area (Å²) in [4.78, 5) is 35.4. The highest BCUT2D eigenvalue weighted by Gasteiger charge is 2.44. The maximum atomic E-state index is 13.5. The molecule has 7 nitrogen and oxygen atoms in total. The van der Waals surface area contributed by atoms with Gasteiger partial charge in [-0.05, 0) is 32.8 Å². The zero-order valence-electron chi connectivity index (χ0n) is 18.8. The van der Waals surface area contributed by atoms with Crippen molar-refractivity contribution < 1.29 is 19.4 Å². The molecule has 1 amide bonds. The second kappa shape index (κ2) is 9.52. The normalized spacial score (nSPS) is 19.8. The Labute approximate surface area is 192 Å². The van der Waals surface area contributed by atoms with Crippen molar-refractivity contribution in [3.05, 3.63) is 62.3 Å². The smallest absolute Gasteiger partial charge is 0.290 e. The number of morpholine rings is 1. The number of rotatable bonds is 7. The van der Waals surface area contributed by atoms with E-state index in [2.05, 4.69) is 9.88 Å². The number of ether oxygens (including phenoxy) is 1. The van der Waals surface area contributed by atoms with Crippen LogP contribution in [0.5, 0.6) is 0 Å². The van der Waals surface area contributed by atoms with Crippen molar-refractivity contribution in [1.29, 1.82) is 0 Å². The summed E-state index contributed by atoms with van der Waals surface area (Å²) in [7, 11) is 0. The summed E-state index contributed by atoms with van der Waals surface area (Å²) in [5.74, 6) is -1.25. The molecule has 1 N–H and O–H groups in total. The van der Waals surface area contributed by atoms with Crippen LogP contribution in [0.3, 0.4) is 0 Å². The van der Waals surface area contributed by atoms with Gasteiger partial charge in [-0.25, -0.2) is 4.98 Å². The molecule has 0 radical (unpaired) electrons. The minimum absolute atomic E-state index is 0.150. The molecule has 1 atom stereocenters. The van der Waals surface area contributed by atoms with Crippen LogP contribution in [0.4, 0.5) is 0 Å². The van der Waals surface area contributed by atoms with Crippen LogP contribution in [0.1, 0.15) is 44.0 Å². The second-order valence-electron chi connectivity index (χ2n) is 8.36. The van der Waals surface area contributed by atoms with Crippen molar-refractivity contribution in [3.63, 3.8) is 0 Å². The maximum absolute atomic E-state index is 13.5. The molecule has 2 aliphatic rings. The number of thiazole rings is 1. The number of benzene rings is 1. The fourth-order valence-corrected chi connectivity index (χ4v) is 5.24. The Hall–Kier alpha value is -2.55. The van der Waals surface area contributed by atoms with Crippen molar-refractivity contribution >= 4 is 23.0 Å². The zero-order chi connectivity index (χ0) is 22.8. The van der Waals surface area contributed by atoms with E-state index in [0.717, 1.165) is 55.4 Å². The number of Topliss-reactive ketones (excluding diaryl/α,β-unsaturated/α-hetero) is 1. The van der Waals surface area contributed by atoms with Gasteiger partial charge in [0.1, 0.15) is 0 Å². The van der Waals surface area contributed by atoms with Crippen LogP contribution in [0.25, 0.3) is 0 Å². The Bertz CT molecular complexity index is 1040. The first-order valence-electron chi connectivity index (χ1n) is 11.0. The number of aromatic nitrogens is 1. The third-order valence-corrected chi connectivity index (χ3v) is 7.10. The van der Waals surface area contributed by atoms with Gasteiger partial charge >= 0.3 is 0 Å². The number of aliphatic hydroxyl groups excluding tert-OH is 1. The van der Waals surface area contributed by atoms with Crippen molar-refractivity contribution in [2.45, 2.75) is 33.2 Å². The minimum atomic E-state index is -0.609. The third kappa shape index (κ3) is 4.48. The molecule has 2 aromatic rings. The molecule has 8 heteroatoms. The van der Waals surface area contributed by atoms with Crippen LogP contribution in [0, 0.1) is 20.8 Å². The fraction of sp³-hybridized carbons (Fsp3) is 0.458. The molecule has 3 heterocycles. The van der Waals surface area contributed by atoms with Gasteiger partial charge in [0.05, 0.1) is 40.4 Å². The van der Waals surface area contributed by atoms with E-state index in [4.69, 9.17) is 4.74 Å². The zero-order valence-corrected chi connectivity index (χ0v) is 19.6. The van der Waals surface area contributed by atoms with E-state index in [1.54, 1.807) is 11.8 Å². The number of aliphatic hydroxyl groups is 1. The average molecular weight is 456 g/mol. The Morgan fingerprint density at radius 3 is 2.47 bits per heavy atom. The SMILES string of the molecule is Cc1ccc(C2C(C(=O)c3sc(C)nc3C)=C(O)C(=O)N2CCCN2CCOCC2)cc1. The molecule has 1 aromatic heterocycles. The lowest BCUT2D eigenvalue weighted by Crippen LogP contribution is -2.39. The van der Waals surface area contributed by atoms with E-state index in [-0.39, 0.29) is 11.4 Å². The minimum Gasteiger partial charge on any atom is -0.503 e. The Morgan fingerprint density at radius 2 is 1.84 bits per heavy atom. The van der Waals surface area contributed by atoms with Crippen LogP contribution in [0.2, 0.25) is 0 Å². The molecule has 1 saturated heterocycles. The van der Waals surface area contributed by atoms with Gasteiger partial charge < -0.3 is 14.7 Å². The van der Waals surface area contributed by atoms with Gasteiger partial charge in [0.25, 0.3) is 5.91 Å². The van der Waals surface area contributed by atoms with E-state index < -0.39 is 17.7 Å². The molecule has 32 heavy (non-hydrogen) atoms. The maximum Gasteiger partial charge on any atom is 0.290 e. The first-order valence-corrected chi connectivity index (χ1v) is 11.8. The average Bonchev–Trinajstić information content (AvgIpc) is 3.25. The molecule has 0 bridgehead atoms. The quantitative estimate of drug-likeness (QED) is 0.645. The number of hydrogen-bond acceptors (Lipinski definition) is 7. The largest absolute Gasteiger partial charge is 0.503 e. The number of hydrogen-bond donors (Lipinski definition) is 1. The number of carbonyl (C=O) groups is 2. The molecule has 2 aliphatic heterocycles. The van der Waals surface area contributed by atoms with Crippen molar-refractivity contribution in [1.82, 2.24) is 14.8 Å². The Morgan fingerprint density at radius 1 is 1.16 bits per heavy atom. The van der Waals surface area contributed by atoms with Gasteiger partial charge in [0, 0.05) is 26.2 Å². The Balaban J connectivity index is 1.63. The second-order valence-corrected chi connectivity index (χ2v) is 9.56. The summed E-state index contributed by atoms with van der Waals surface area (Å²) in [5.41, 5.74) is 2.68. The monoisotopic (exact) mass is 455 g/mol. The number of carbonyl (C=O) groups excluding carboxylic acids is 2. The molecule has 1 fully saturated rings. The molecule has 170 valence electrons. The molecule has 0 aliphatic carbocycles. The number of nitrogens with zero attached hydrogens (tertiary/aromatic N) is 3. The first-order chi connectivity index (χ1) is 15.4. The van der Waals surface area contributed by atoms with Crippen molar-refractivity contribution in [2.75, 3.05) is 39.4 Å². The molecule has 0 saturated carbocycles. The lowest BCUT2D eigenvalue weighted by atomic mass is 9.94. The highest BCUT2D eigenvalue weighted by molar-refractivity contribution is 7.14. The van der Waals surface area contributed by atoms with E-state index in [0.29, 0.717) is 17.1 Å². The van der Waals surface area contributed by atoms with E-state index in [1.807, 2.05) is 38.1 Å². The van der Waals surface area contributed by atoms with Crippen molar-refractivity contribution in [2.24, 2.45) is 0 Å². The summed E-state index contributed by atoms with van der Waals surface area (Å²) < 4.78 is 5.40. The van der Waals surface area contributed by atoms with Crippen LogP contribution in [0.15, 0.2) is 35.6 Å². The topological polar surface area (TPSA) is 83.0 Å². The molecule has 1 unspecified atom stereocenters. The number of amides is 1. The van der Waals surface area contributed by atoms with Crippen LogP contribution in [-0.2, 0) is 9.53 Å². The molecular weight excluding hydrogens is 426 g/mol. The summed E-state index contributed by atoms with van der Waals surface area (Å²) in [6.07, 6.45) is 0.752. The summed E-state index contributed by atoms with van der Waals surface area (Å²) in [6, 6.07) is 7.18. The number of ketones is 1. The standard InChI is InChI=1S/C24H29N3O4S/c1-15-5-7-18(8-6-15)20-19(21(28)23-16(2)25-17(3)32-23)22(29)24(30)27(20)10-4-9-26-11-13-31-14-12-26/h5-8,20,29H,4,9-14H2,1-3H3. The van der Waals surface area contributed by atoms with Gasteiger partial charge in [0.15, 0.2) is 5.76 Å². The highest BCUT2D eigenvalue weighted by atomic mass is 32.1. The van der Waals surface area contributed by atoms with Crippen LogP contribution < -0.4 is 0 Å². The molecular formula is C24H29N3O4S. The summed E-state index contributed by atoms with van der Waals surface area (Å²) in [6.45, 7) is 10.1. The van der Waals surface area contributed by atoms with Gasteiger partial charge in [-0.1, -0.05) is 29.8 Å². The molecule has 4 rings (SSSR count). The van der Waals surface area contributed by atoms with Gasteiger partial charge in [-0.2, -0.15) is 0 Å². The Kier molecular flexibility index (Phi) is 6.74. The van der Waals surface area contributed by atoms with Gasteiger partial charge in [0.2, 0.25) is 5.78 Å².